The van der Waals surface area contributed by atoms with E-state index in [1.54, 1.807) is 11.4 Å². The van der Waals surface area contributed by atoms with Gasteiger partial charge in [-0.2, -0.15) is 110 Å². The smallest absolute Gasteiger partial charge is 0.471 e. The van der Waals surface area contributed by atoms with Crippen LogP contribution < -0.4 is 27.3 Å². The van der Waals surface area contributed by atoms with E-state index in [2.05, 4.69) is 34.8 Å². The molecular formula is C62H61F24N8O13S-. The number of carbonyl (C=O) groups is 3. The number of alkyl halides is 24. The van der Waals surface area contributed by atoms with Gasteiger partial charge in [-0.3, -0.25) is 24.3 Å². The summed E-state index contributed by atoms with van der Waals surface area (Å²) in [6.45, 7) is 10.3. The third-order valence-corrected chi connectivity index (χ3v) is 14.1. The molecule has 1 unspecified atom stereocenters. The predicted molar refractivity (Wildman–Crippen MR) is 329 cm³/mol. The van der Waals surface area contributed by atoms with Crippen LogP contribution in [0, 0.1) is 16.7 Å². The minimum absolute atomic E-state index is 0. The second-order valence-corrected chi connectivity index (χ2v) is 21.8. The molecule has 0 radical (unpaired) electrons. The zero-order valence-corrected chi connectivity index (χ0v) is 55.3. The van der Waals surface area contributed by atoms with E-state index >= 15 is 0 Å². The fourth-order valence-electron chi connectivity index (χ4n) is 8.94. The molecule has 0 spiro atoms. The van der Waals surface area contributed by atoms with Gasteiger partial charge in [-0.25, -0.2) is 11.8 Å². The van der Waals surface area contributed by atoms with Crippen LogP contribution in [-0.4, -0.2) is 93.0 Å². The number of hydrogen-bond acceptors (Lipinski definition) is 16. The summed E-state index contributed by atoms with van der Waals surface area (Å²) >= 11 is -2.52. The number of benzene rings is 6. The zero-order valence-electron chi connectivity index (χ0n) is 54.5. The van der Waals surface area contributed by atoms with Crippen LogP contribution in [0.2, 0.25) is 0 Å². The molecule has 0 saturated carbocycles. The van der Waals surface area contributed by atoms with Crippen LogP contribution >= 0.6 is 0 Å². The Hall–Kier alpha value is -9.15. The third kappa shape index (κ3) is 34.8. The standard InChI is InChI=1S/C12H9F6NO.C11H9F6NO.C10H9F3N2O2.C10H10F3N.C9H6F3N.C9H10F3N.CH2O.H3NO7S.H2O.H2/c13-11(14,15)9-2-1-7-3-4-19(6-8(7)5-9)10(20)12(16,17)18;12-10(13,14)8-3-1-7(2-4-8)5-6-18-9(19)11(15,16)17;11-10(12,13)7-3-6-5-14-2-1-8(6)9(4-7)15(16)17;11-10(12,13)9-2-1-7-3-4-14-6-8(7)5-9;1-13-6-7-2-4-8(5-3-7)9(10,11)12;10-9(11,12)8-3-1-7(2-4-8)5-6-13;1-2;2-7-8-5-1-6-9(3)4;;/h1-2,5H,3-4,6H2;1-4H,5-6H2,(H,18,19);3-4,14H,1-2,5H2;1-2,5,14H,3-4,6H2;2-5H,6H2;1-4H,5-6,13H2;1H2;1-2H,(H,3,4);1H2;1H/p-1. The minimum atomic E-state index is -5.01. The van der Waals surface area contributed by atoms with E-state index in [1.807, 2.05) is 6.79 Å². The number of amides is 2. The van der Waals surface area contributed by atoms with Crippen molar-refractivity contribution in [1.82, 2.24) is 26.5 Å². The van der Waals surface area contributed by atoms with Gasteiger partial charge >= 0.3 is 72.6 Å². The normalized spacial score (nSPS) is 13.6. The Morgan fingerprint density at radius 3 is 1.40 bits per heavy atom. The molecule has 3 heterocycles. The molecule has 0 aromatic heterocycles. The van der Waals surface area contributed by atoms with Crippen molar-refractivity contribution in [3.05, 3.63) is 226 Å². The molecular weight excluding hydrogens is 1550 g/mol. The van der Waals surface area contributed by atoms with Crippen LogP contribution in [0.4, 0.5) is 111 Å². The lowest BCUT2D eigenvalue weighted by atomic mass is 9.96. The lowest BCUT2D eigenvalue weighted by molar-refractivity contribution is -0.647. The van der Waals surface area contributed by atoms with Crippen LogP contribution in [-0.2, 0) is 140 Å². The largest absolute Gasteiger partial charge is 0.870 e. The second kappa shape index (κ2) is 43.7. The van der Waals surface area contributed by atoms with E-state index < -0.39 is 123 Å². The summed E-state index contributed by atoms with van der Waals surface area (Å²) < 4.78 is 315. The number of hydrogen-bond donors (Lipinski definition) is 7. The molecule has 0 bridgehead atoms. The first-order valence-electron chi connectivity index (χ1n) is 29.4. The number of rotatable bonds is 12. The van der Waals surface area contributed by atoms with Crippen LogP contribution in [0.25, 0.3) is 4.85 Å². The van der Waals surface area contributed by atoms with E-state index in [0.717, 1.165) is 102 Å². The number of nitro groups is 1. The highest BCUT2D eigenvalue weighted by atomic mass is 32.2. The van der Waals surface area contributed by atoms with Crippen molar-refractivity contribution in [3.8, 4) is 0 Å². The Balaban J connectivity index is 0.00000125. The van der Waals surface area contributed by atoms with Gasteiger partial charge in [0.05, 0.1) is 38.3 Å². The van der Waals surface area contributed by atoms with Gasteiger partial charge in [-0.05, 0) is 173 Å². The Morgan fingerprint density at radius 2 is 0.991 bits per heavy atom. The predicted octanol–water partition coefficient (Wildman–Crippen LogP) is 14.8. The van der Waals surface area contributed by atoms with Gasteiger partial charge in [0.15, 0.2) is 0 Å². The lowest BCUT2D eigenvalue weighted by Crippen LogP contribution is -2.43. The Bertz CT molecular complexity index is 3850. The SMILES string of the molecule is C=O.FC(F)(F)c1ccc2c(c1)CNCC2.NCCc1ccc(C(F)(F)F)cc1.O=C(N1CCc2ccc(C(F)(F)F)cc2C1)C(F)(F)F.O=C(NCCc1ccc(C(F)(F)F)cc1)C(F)(F)F.O=S(O)ONOOOO.O=[N+]([O-])c1cc(C(F)(F)F)cc2c1CCNC2.[C-]#[N+]Cc1ccc(C(F)(F)F)cc1.[HH].[OH-]. The molecule has 108 heavy (non-hydrogen) atoms. The van der Waals surface area contributed by atoms with E-state index in [-0.39, 0.29) is 51.5 Å². The molecule has 1 atom stereocenters. The first-order valence-corrected chi connectivity index (χ1v) is 30.4. The van der Waals surface area contributed by atoms with Crippen LogP contribution in [0.5, 0.6) is 0 Å². The monoisotopic (exact) mass is 1610 g/mol. The molecule has 9 N–H and O–H groups in total. The fraction of sp³-hybridized carbons (Fsp3) is 0.355. The Kier molecular flexibility index (Phi) is 39.2. The number of nitrogens with two attached hydrogens (primary N) is 1. The van der Waals surface area contributed by atoms with Gasteiger partial charge in [0.25, 0.3) is 5.69 Å². The summed E-state index contributed by atoms with van der Waals surface area (Å²) in [6, 6.07) is 22.2. The van der Waals surface area contributed by atoms with Gasteiger partial charge in [-0.1, -0.05) is 53.5 Å². The van der Waals surface area contributed by atoms with Crippen LogP contribution in [0.15, 0.2) is 121 Å². The van der Waals surface area contributed by atoms with Crippen molar-refractivity contribution in [2.75, 3.05) is 32.7 Å². The van der Waals surface area contributed by atoms with Crippen molar-refractivity contribution in [2.45, 2.75) is 108 Å². The number of nitrogens with zero attached hydrogens (tertiary/aromatic N) is 3. The Morgan fingerprint density at radius 1 is 0.583 bits per heavy atom. The summed E-state index contributed by atoms with van der Waals surface area (Å²) in [4.78, 5) is 46.6. The summed E-state index contributed by atoms with van der Waals surface area (Å²) in [5, 5.41) is 31.8. The van der Waals surface area contributed by atoms with Gasteiger partial charge < -0.3 is 41.7 Å². The number of nitrogens with one attached hydrogen (secondary N) is 4. The Labute approximate surface area is 598 Å². The molecule has 0 fully saturated rings. The van der Waals surface area contributed by atoms with Crippen molar-refractivity contribution in [2.24, 2.45) is 5.73 Å². The molecule has 6 aromatic carbocycles. The topological polar surface area (TPSA) is 301 Å². The fourth-order valence-corrected chi connectivity index (χ4v) is 9.02. The van der Waals surface area contributed by atoms with Gasteiger partial charge in [0.1, 0.15) is 6.79 Å². The molecule has 0 aliphatic carbocycles. The third-order valence-electron chi connectivity index (χ3n) is 13.9. The van der Waals surface area contributed by atoms with E-state index in [1.165, 1.54) is 42.0 Å². The maximum absolute atomic E-state index is 12.6. The molecule has 6 aromatic rings. The summed E-state index contributed by atoms with van der Waals surface area (Å²) in [5.41, 5.74) is 6.59. The van der Waals surface area contributed by atoms with E-state index in [9.17, 15) is 129 Å². The molecule has 2 amide bonds. The van der Waals surface area contributed by atoms with Gasteiger partial charge in [0.2, 0.25) is 6.54 Å². The molecule has 9 rings (SSSR count). The molecule has 46 heteroatoms. The highest BCUT2D eigenvalue weighted by molar-refractivity contribution is 7.74. The van der Waals surface area contributed by atoms with Gasteiger partial charge in [-0.15, -0.1) is 4.28 Å². The maximum Gasteiger partial charge on any atom is 0.471 e. The number of nitro benzene ring substituents is 1. The number of fused-ring (bicyclic) bond motifs is 3. The second-order valence-electron chi connectivity index (χ2n) is 21.2. The van der Waals surface area contributed by atoms with Crippen molar-refractivity contribution in [3.63, 3.8) is 0 Å². The van der Waals surface area contributed by atoms with Crippen LogP contribution in [0.1, 0.15) is 84.9 Å². The quantitative estimate of drug-likeness (QED) is 0.0114. The highest BCUT2D eigenvalue weighted by Gasteiger charge is 2.44. The molecule has 0 saturated heterocycles. The summed E-state index contributed by atoms with van der Waals surface area (Å²) in [5.74, 6) is -4.10. The average Bonchev–Trinajstić information content (AvgIpc) is 0.796. The summed E-state index contributed by atoms with van der Waals surface area (Å²) in [7, 11) is 0. The van der Waals surface area contributed by atoms with Crippen molar-refractivity contribution < 1.29 is 165 Å². The summed E-state index contributed by atoms with van der Waals surface area (Å²) in [6.07, 6.45) is -34.4. The average molecular weight is 1610 g/mol. The molecule has 21 nitrogen and oxygen atoms in total. The van der Waals surface area contributed by atoms with E-state index in [4.69, 9.17) is 26.9 Å². The van der Waals surface area contributed by atoms with E-state index in [0.29, 0.717) is 71.3 Å². The first kappa shape index (κ1) is 96.9. The van der Waals surface area contributed by atoms with Crippen molar-refractivity contribution in [1.29, 1.82) is 0 Å². The maximum atomic E-state index is 12.6. The highest BCUT2D eigenvalue weighted by Crippen LogP contribution is 2.38. The molecule has 3 aliphatic rings. The van der Waals surface area contributed by atoms with Crippen molar-refractivity contribution >= 4 is 35.7 Å². The first-order chi connectivity index (χ1) is 49.5. The number of halogens is 24. The number of carbonyl (C=O) groups excluding carboxylic acids is 3. The van der Waals surface area contributed by atoms with Crippen LogP contribution in [0.3, 0.4) is 0 Å². The minimum Gasteiger partial charge on any atom is -0.870 e. The van der Waals surface area contributed by atoms with Gasteiger partial charge in [0, 0.05) is 51.3 Å². The lowest BCUT2D eigenvalue weighted by Gasteiger charge is -2.29. The molecule has 3 aliphatic heterocycles. The zero-order chi connectivity index (χ0) is 81.5. The molecule has 602 valence electrons.